The zero-order valence-corrected chi connectivity index (χ0v) is 83.3. The first-order valence-electron chi connectivity index (χ1n) is 51.4. The van der Waals surface area contributed by atoms with Gasteiger partial charge in [-0.15, -0.1) is 0 Å². The monoisotopic (exact) mass is 1950 g/mol. The summed E-state index contributed by atoms with van der Waals surface area (Å²) in [7, 11) is 0. The molecule has 9 aromatic carbocycles. The molecule has 4 heterocycles. The van der Waals surface area contributed by atoms with Crippen molar-refractivity contribution in [3.05, 3.63) is 239 Å². The molecule has 0 spiro atoms. The highest BCUT2D eigenvalue weighted by atomic mass is 16.6. The van der Waals surface area contributed by atoms with Gasteiger partial charge in [-0.2, -0.15) is 0 Å². The number of carbonyl (C=O) groups is 6. The highest BCUT2D eigenvalue weighted by Gasteiger charge is 2.39. The molecule has 0 aromatic heterocycles. The van der Waals surface area contributed by atoms with Crippen molar-refractivity contribution >= 4 is 35.8 Å². The first-order chi connectivity index (χ1) is 69.5. The smallest absolute Gasteiger partial charge is 0.343 e. The third kappa shape index (κ3) is 35.4. The van der Waals surface area contributed by atoms with Crippen LogP contribution in [0, 0.1) is 10.8 Å². The summed E-state index contributed by atoms with van der Waals surface area (Å²) < 4.78 is 115. The summed E-state index contributed by atoms with van der Waals surface area (Å²) in [4.78, 5) is 82.0. The van der Waals surface area contributed by atoms with Crippen LogP contribution in [0.2, 0.25) is 0 Å². The number of epoxide rings is 2. The van der Waals surface area contributed by atoms with E-state index in [4.69, 9.17) is 94.7 Å². The third-order valence-corrected chi connectivity index (χ3v) is 25.8. The van der Waals surface area contributed by atoms with Crippen LogP contribution in [0.15, 0.2) is 194 Å². The Bertz CT molecular complexity index is 4990. The van der Waals surface area contributed by atoms with Crippen molar-refractivity contribution in [1.29, 1.82) is 0 Å². The Hall–Kier alpha value is -11.7. The van der Waals surface area contributed by atoms with Gasteiger partial charge in [0.1, 0.15) is 58.2 Å². The molecule has 762 valence electrons. The number of fused-ring (bicyclic) bond motifs is 3. The second-order valence-electron chi connectivity index (χ2n) is 37.2. The van der Waals surface area contributed by atoms with Gasteiger partial charge in [0.2, 0.25) is 0 Å². The van der Waals surface area contributed by atoms with E-state index in [1.807, 2.05) is 60.7 Å². The number of unbranched alkanes of at least 4 members (excludes halogenated alkanes) is 18. The van der Waals surface area contributed by atoms with E-state index < -0.39 is 35.8 Å². The van der Waals surface area contributed by atoms with Crippen LogP contribution in [0.4, 0.5) is 0 Å². The number of rotatable bonds is 66. The molecule has 2 unspecified atom stereocenters. The Morgan fingerprint density at radius 1 is 0.268 bits per heavy atom. The molecule has 0 saturated carbocycles. The van der Waals surface area contributed by atoms with Crippen LogP contribution in [0.1, 0.15) is 281 Å². The molecule has 142 heavy (non-hydrogen) atoms. The molecule has 5 aliphatic rings. The fraction of sp³-hybridized carbons (Fsp3) is 0.483. The van der Waals surface area contributed by atoms with Crippen LogP contribution in [0.25, 0.3) is 11.1 Å². The fourth-order valence-electron chi connectivity index (χ4n) is 16.2. The second-order valence-corrected chi connectivity index (χ2v) is 37.2. The van der Waals surface area contributed by atoms with E-state index in [1.165, 1.54) is 74.9 Å². The van der Waals surface area contributed by atoms with Gasteiger partial charge in [-0.05, 0) is 282 Å². The van der Waals surface area contributed by atoms with Crippen LogP contribution in [0.3, 0.4) is 0 Å². The number of hydrogen-bond acceptors (Lipinski definition) is 26. The molecule has 4 saturated heterocycles. The maximum Gasteiger partial charge on any atom is 0.343 e. The number of carbonyl (C=O) groups excluding carboxylic acids is 6. The van der Waals surface area contributed by atoms with Crippen molar-refractivity contribution in [3.8, 4) is 80.1 Å². The van der Waals surface area contributed by atoms with Gasteiger partial charge < -0.3 is 94.7 Å². The van der Waals surface area contributed by atoms with Gasteiger partial charge in [-0.25, -0.2) is 28.8 Å². The van der Waals surface area contributed by atoms with Crippen molar-refractivity contribution in [3.63, 3.8) is 0 Å². The molecule has 1 aliphatic carbocycles. The van der Waals surface area contributed by atoms with Crippen molar-refractivity contribution < 1.29 is 124 Å². The van der Waals surface area contributed by atoms with Gasteiger partial charge in [-0.1, -0.05) is 124 Å². The normalized spacial score (nSPS) is 14.9. The zero-order chi connectivity index (χ0) is 99.2. The predicted molar refractivity (Wildman–Crippen MR) is 539 cm³/mol. The highest BCUT2D eigenvalue weighted by molar-refractivity contribution is 5.97. The molecule has 0 N–H and O–H groups in total. The van der Waals surface area contributed by atoms with Crippen LogP contribution in [-0.2, 0) is 37.9 Å². The lowest BCUT2D eigenvalue weighted by molar-refractivity contribution is -0.150. The van der Waals surface area contributed by atoms with E-state index in [2.05, 4.69) is 34.6 Å². The summed E-state index contributed by atoms with van der Waals surface area (Å²) in [5.41, 5.74) is 6.18. The molecule has 0 bridgehead atoms. The molecular formula is C116H142O26. The molecule has 4 aliphatic heterocycles. The van der Waals surface area contributed by atoms with Gasteiger partial charge in [0.15, 0.2) is 23.0 Å². The average molecular weight is 1950 g/mol. The van der Waals surface area contributed by atoms with Crippen molar-refractivity contribution in [2.75, 3.05) is 132 Å². The topological polar surface area (TPSA) is 294 Å². The van der Waals surface area contributed by atoms with Crippen molar-refractivity contribution in [1.82, 2.24) is 0 Å². The molecular weight excluding hydrogens is 1810 g/mol. The Labute approximate surface area is 836 Å². The van der Waals surface area contributed by atoms with Gasteiger partial charge in [-0.3, -0.25) is 0 Å². The minimum absolute atomic E-state index is 0.00785. The largest absolute Gasteiger partial charge is 0.494 e. The van der Waals surface area contributed by atoms with Gasteiger partial charge in [0.05, 0.1) is 139 Å². The summed E-state index contributed by atoms with van der Waals surface area (Å²) >= 11 is 0. The standard InChI is InChI=1S/C64H78O16.C52H64O10/c1-3-5-7-9-11-13-37-71-51-27-19-47(20-28-51)61(65)77-57-41-60(80-64(68)50-25-33-54(34-26-50)74-40-18-16-36-70-44-56-46-76-56)58(78-62(66)48-21-29-52(30-22-48)72-38-14-12-10-8-6-4-2)42-59(57)79-63(67)49-23-31-53(32-24-49)73-39-17-15-35-69-43-55-45-75-55;1-4-51(34-57-35-51)32-55-26-10-6-8-12-28-59-41-18-14-39(15-19-41)49(53)61-43-22-24-45-46-25-23-44(31-48(46)38(3)47(45)30-43)62-50(54)40-16-20-42(21-17-40)60-29-13-9-7-11-27-56-33-52(5-2)36-58-37-52/h19-34,41-42,55-56H,3-18,35-40,43-46H2,1-2H3;14-25,30-31,38H,4-13,26-29,32-37H2,1-3H3. The SMILES string of the molecule is CCC1(COCCCCCCOc2ccc(C(=O)Oc3ccc4c(c3)C(C)c3cc(OC(=O)c5ccc(OCCCCCCOCC6(CC)COC6)cc5)ccc3-4)cc2)COC1.CCCCCCCCOc1ccc(C(=O)Oc2cc(OC(=O)c3ccc(OCCCCOCC4CO4)cc3)c(OC(=O)c3ccc(OCCCCCCCC)cc3)cc2OC(=O)c2ccc(OCCCCOCC3CO3)cc2)cc1. The van der Waals surface area contributed by atoms with Crippen molar-refractivity contribution in [2.45, 2.75) is 220 Å². The molecule has 2 atom stereocenters. The second kappa shape index (κ2) is 58.1. The molecule has 0 radical (unpaired) electrons. The van der Waals surface area contributed by atoms with E-state index in [-0.39, 0.29) is 74.2 Å². The van der Waals surface area contributed by atoms with E-state index in [0.29, 0.717) is 112 Å². The summed E-state index contributed by atoms with van der Waals surface area (Å²) in [5.74, 6) is -0.796. The van der Waals surface area contributed by atoms with Gasteiger partial charge >= 0.3 is 35.8 Å². The fourth-order valence-corrected chi connectivity index (χ4v) is 16.2. The van der Waals surface area contributed by atoms with E-state index in [9.17, 15) is 28.8 Å². The molecule has 26 nitrogen and oxygen atoms in total. The predicted octanol–water partition coefficient (Wildman–Crippen LogP) is 24.2. The number of benzene rings is 9. The Balaban J connectivity index is 0.000000246. The van der Waals surface area contributed by atoms with E-state index in [0.717, 1.165) is 228 Å². The number of ether oxygens (including phenoxy) is 20. The molecule has 4 fully saturated rings. The zero-order valence-electron chi connectivity index (χ0n) is 83.3. The third-order valence-electron chi connectivity index (χ3n) is 25.8. The minimum Gasteiger partial charge on any atom is -0.494 e. The summed E-state index contributed by atoms with van der Waals surface area (Å²) in [6.45, 7) is 24.5. The van der Waals surface area contributed by atoms with Crippen LogP contribution < -0.4 is 56.8 Å². The van der Waals surface area contributed by atoms with Crippen LogP contribution in [-0.4, -0.2) is 180 Å². The summed E-state index contributed by atoms with van der Waals surface area (Å²) in [6, 6.07) is 53.6. The molecule has 26 heteroatoms. The summed E-state index contributed by atoms with van der Waals surface area (Å²) in [6.07, 6.45) is 27.7. The van der Waals surface area contributed by atoms with E-state index in [1.54, 1.807) is 97.1 Å². The molecule has 9 aromatic rings. The minimum atomic E-state index is -0.838. The quantitative estimate of drug-likeness (QED) is 0.0148. The lowest BCUT2D eigenvalue weighted by atomic mass is 9.84. The Morgan fingerprint density at radius 2 is 0.493 bits per heavy atom. The average Bonchev–Trinajstić information content (AvgIpc) is 1.59. The van der Waals surface area contributed by atoms with Gasteiger partial charge in [0.25, 0.3) is 0 Å². The van der Waals surface area contributed by atoms with Crippen LogP contribution in [0.5, 0.6) is 69.0 Å². The van der Waals surface area contributed by atoms with Gasteiger partial charge in [0, 0.05) is 55.3 Å². The molecule has 0 amide bonds. The van der Waals surface area contributed by atoms with Crippen molar-refractivity contribution in [2.24, 2.45) is 10.8 Å². The Morgan fingerprint density at radius 3 is 0.739 bits per heavy atom. The maximum absolute atomic E-state index is 14.0. The lowest BCUT2D eigenvalue weighted by Gasteiger charge is -2.40. The molecule has 14 rings (SSSR count). The first-order valence-corrected chi connectivity index (χ1v) is 51.4. The highest BCUT2D eigenvalue weighted by Crippen LogP contribution is 2.48. The summed E-state index contributed by atoms with van der Waals surface area (Å²) in [5, 5.41) is 0. The number of hydrogen-bond donors (Lipinski definition) is 0. The Kier molecular flexibility index (Phi) is 44.0. The maximum atomic E-state index is 14.0. The van der Waals surface area contributed by atoms with E-state index >= 15 is 0 Å². The number of esters is 6. The first kappa shape index (κ1) is 108. The lowest BCUT2D eigenvalue weighted by Crippen LogP contribution is -2.45. The van der Waals surface area contributed by atoms with Crippen LogP contribution >= 0.6 is 0 Å².